The fraction of sp³-hybridized carbons (Fsp3) is 0.429. The van der Waals surface area contributed by atoms with Crippen LogP contribution in [0.1, 0.15) is 66.4 Å². The number of alkyl halides is 1. The first-order chi connectivity index (χ1) is 34.2. The molecule has 0 bridgehead atoms. The highest BCUT2D eigenvalue weighted by atomic mass is 32.2. The molecule has 0 saturated carbocycles. The third kappa shape index (κ3) is 8.79. The minimum atomic E-state index is -4.25. The topological polar surface area (TPSA) is 219 Å². The zero-order valence-corrected chi connectivity index (χ0v) is 39.4. The van der Waals surface area contributed by atoms with E-state index < -0.39 is 51.0 Å². The molecule has 0 radical (unpaired) electrons. The molecule has 368 valence electrons. The van der Waals surface area contributed by atoms with Gasteiger partial charge in [0.15, 0.2) is 11.6 Å². The minimum Gasteiger partial charge on any atom is -0.453 e. The predicted molar refractivity (Wildman–Crippen MR) is 255 cm³/mol. The number of aromatic nitrogens is 4. The van der Waals surface area contributed by atoms with E-state index in [1.165, 1.54) is 29.1 Å². The number of carbonyl (C=O) groups is 3. The van der Waals surface area contributed by atoms with Gasteiger partial charge in [-0.25, -0.2) is 23.7 Å². The number of nitrogens with zero attached hydrogens (tertiary/aromatic N) is 10. The van der Waals surface area contributed by atoms with Crippen LogP contribution in [0.4, 0.5) is 26.1 Å². The standard InChI is InChI=1S/C49H50F2N12O7S/c50-31-12-17-61(25-31)71(68,69)57-40-7-5-38(51)44(36(40)21-52)70-33-4-6-39-35(20-33)47(67)63(29-55-39)32-22-53-48(54-23-32)59-15-10-30(11-16-59)24-58-18-13-49(14-19-58)27-60(28-49)41-3-1-2-34-37(41)26-62(46(34)66)42-8-9-43(64)56-45(42)65/h1-7,20,22-23,29-31,42,57H,8-19,24-28H2,(H,56,64,65)/t31-,42?/m1/s1. The molecule has 5 aromatic rings. The van der Waals surface area contributed by atoms with Crippen molar-refractivity contribution in [3.8, 4) is 23.3 Å². The molecule has 3 amide bonds. The van der Waals surface area contributed by atoms with Gasteiger partial charge in [0.25, 0.3) is 11.5 Å². The van der Waals surface area contributed by atoms with Gasteiger partial charge in [-0.05, 0) is 100.0 Å². The Morgan fingerprint density at radius 2 is 1.69 bits per heavy atom. The predicted octanol–water partition coefficient (Wildman–Crippen LogP) is 4.26. The number of halogens is 2. The molecule has 2 aromatic heterocycles. The molecule has 6 aliphatic rings. The van der Waals surface area contributed by atoms with Gasteiger partial charge in [0.05, 0.1) is 34.7 Å². The summed E-state index contributed by atoms with van der Waals surface area (Å²) in [6, 6.07) is 13.3. The van der Waals surface area contributed by atoms with Crippen molar-refractivity contribution in [3.05, 3.63) is 100 Å². The molecule has 19 nitrogen and oxygen atoms in total. The first kappa shape index (κ1) is 46.3. The number of nitriles is 1. The summed E-state index contributed by atoms with van der Waals surface area (Å²) >= 11 is 0. The van der Waals surface area contributed by atoms with E-state index in [-0.39, 0.29) is 60.0 Å². The first-order valence-electron chi connectivity index (χ1n) is 23.9. The van der Waals surface area contributed by atoms with Crippen LogP contribution in [0.25, 0.3) is 16.6 Å². The summed E-state index contributed by atoms with van der Waals surface area (Å²) in [4.78, 5) is 74.0. The number of rotatable bonds is 11. The second kappa shape index (κ2) is 18.3. The molecule has 2 atom stereocenters. The van der Waals surface area contributed by atoms with Gasteiger partial charge in [0.2, 0.25) is 17.8 Å². The average molecular weight is 989 g/mol. The summed E-state index contributed by atoms with van der Waals surface area (Å²) in [5, 5.41) is 12.5. The van der Waals surface area contributed by atoms with Crippen molar-refractivity contribution in [1.82, 2.24) is 38.9 Å². The van der Waals surface area contributed by atoms with Crippen LogP contribution in [0.5, 0.6) is 11.5 Å². The summed E-state index contributed by atoms with van der Waals surface area (Å²) < 4.78 is 65.1. The van der Waals surface area contributed by atoms with Gasteiger partial charge < -0.3 is 24.3 Å². The second-order valence-electron chi connectivity index (χ2n) is 19.5. The number of amides is 3. The van der Waals surface area contributed by atoms with E-state index in [9.17, 15) is 37.2 Å². The maximum atomic E-state index is 15.2. The first-order valence-corrected chi connectivity index (χ1v) is 25.3. The van der Waals surface area contributed by atoms with Crippen LogP contribution in [-0.2, 0) is 26.3 Å². The summed E-state index contributed by atoms with van der Waals surface area (Å²) in [7, 11) is -4.25. The molecule has 71 heavy (non-hydrogen) atoms. The van der Waals surface area contributed by atoms with Crippen LogP contribution in [0.15, 0.2) is 72.0 Å². The number of likely N-dealkylation sites (tertiary alicyclic amines) is 1. The Labute approximate surface area is 407 Å². The highest BCUT2D eigenvalue weighted by Gasteiger charge is 2.47. The molecule has 0 aliphatic carbocycles. The molecule has 3 aromatic carbocycles. The Morgan fingerprint density at radius 3 is 2.41 bits per heavy atom. The Bertz CT molecular complexity index is 3180. The molecule has 5 saturated heterocycles. The Kier molecular flexibility index (Phi) is 11.9. The fourth-order valence-corrected chi connectivity index (χ4v) is 12.3. The lowest BCUT2D eigenvalue weighted by Crippen LogP contribution is -2.61. The number of ether oxygens (including phenoxy) is 1. The molecular weight excluding hydrogens is 939 g/mol. The molecule has 5 fully saturated rings. The van der Waals surface area contributed by atoms with Crippen molar-refractivity contribution >= 4 is 56.2 Å². The average Bonchev–Trinajstić information content (AvgIpc) is 3.96. The van der Waals surface area contributed by atoms with Crippen molar-refractivity contribution in [3.63, 3.8) is 0 Å². The van der Waals surface area contributed by atoms with Crippen LogP contribution >= 0.6 is 0 Å². The minimum absolute atomic E-state index is 0.0101. The van der Waals surface area contributed by atoms with Crippen molar-refractivity contribution in [1.29, 1.82) is 5.26 Å². The van der Waals surface area contributed by atoms with Crippen LogP contribution in [0.2, 0.25) is 0 Å². The van der Waals surface area contributed by atoms with E-state index in [0.717, 1.165) is 99.2 Å². The van der Waals surface area contributed by atoms with Crippen LogP contribution in [0.3, 0.4) is 0 Å². The van der Waals surface area contributed by atoms with E-state index in [1.807, 2.05) is 12.1 Å². The number of benzene rings is 3. The number of piperidine rings is 3. The normalized spacial score (nSPS) is 21.9. The highest BCUT2D eigenvalue weighted by Crippen LogP contribution is 2.46. The van der Waals surface area contributed by atoms with Crippen LogP contribution in [0, 0.1) is 28.5 Å². The number of hydrogen-bond acceptors (Lipinski definition) is 14. The Morgan fingerprint density at radius 1 is 0.915 bits per heavy atom. The molecule has 1 spiro atoms. The lowest BCUT2D eigenvalue weighted by atomic mass is 9.71. The number of fused-ring (bicyclic) bond motifs is 2. The van der Waals surface area contributed by atoms with Gasteiger partial charge in [-0.1, -0.05) is 6.07 Å². The zero-order valence-electron chi connectivity index (χ0n) is 38.6. The van der Waals surface area contributed by atoms with Gasteiger partial charge in [0.1, 0.15) is 35.9 Å². The van der Waals surface area contributed by atoms with Crippen molar-refractivity contribution in [2.24, 2.45) is 11.3 Å². The van der Waals surface area contributed by atoms with Gasteiger partial charge in [0, 0.05) is 81.0 Å². The fourth-order valence-electron chi connectivity index (χ4n) is 11.0. The Hall–Kier alpha value is -7.09. The highest BCUT2D eigenvalue weighted by molar-refractivity contribution is 7.90. The quantitative estimate of drug-likeness (QED) is 0.177. The lowest BCUT2D eigenvalue weighted by molar-refractivity contribution is -0.136. The third-order valence-corrected chi connectivity index (χ3v) is 16.5. The van der Waals surface area contributed by atoms with Crippen LogP contribution < -0.4 is 30.1 Å². The van der Waals surface area contributed by atoms with Crippen molar-refractivity contribution in [2.75, 3.05) is 73.4 Å². The van der Waals surface area contributed by atoms with Crippen LogP contribution in [-0.4, -0.2) is 131 Å². The maximum absolute atomic E-state index is 15.2. The van der Waals surface area contributed by atoms with Gasteiger partial charge in [-0.2, -0.15) is 18.0 Å². The van der Waals surface area contributed by atoms with E-state index in [2.05, 4.69) is 45.8 Å². The van der Waals surface area contributed by atoms with E-state index >= 15 is 4.39 Å². The maximum Gasteiger partial charge on any atom is 0.301 e. The molecular formula is C49H50F2N12O7S. The molecule has 6 aliphatic heterocycles. The second-order valence-corrected chi connectivity index (χ2v) is 21.2. The van der Waals surface area contributed by atoms with Crippen molar-refractivity contribution < 1.29 is 36.3 Å². The molecule has 11 rings (SSSR count). The van der Waals surface area contributed by atoms with Gasteiger partial charge in [-0.3, -0.25) is 33.8 Å². The third-order valence-electron chi connectivity index (χ3n) is 15.0. The number of imide groups is 1. The molecule has 1 unspecified atom stereocenters. The van der Waals surface area contributed by atoms with E-state index in [1.54, 1.807) is 23.4 Å². The summed E-state index contributed by atoms with van der Waals surface area (Å²) in [5.74, 6) is -1.27. The number of carbonyl (C=O) groups excluding carboxylic acids is 3. The summed E-state index contributed by atoms with van der Waals surface area (Å²) in [5.41, 5.74) is 2.44. The lowest BCUT2D eigenvalue weighted by Gasteiger charge is -2.55. The summed E-state index contributed by atoms with van der Waals surface area (Å²) in [6.45, 7) is 6.56. The molecule has 8 heterocycles. The van der Waals surface area contributed by atoms with E-state index in [4.69, 9.17) is 4.74 Å². The number of anilines is 3. The Balaban J connectivity index is 0.676. The zero-order chi connectivity index (χ0) is 49.2. The van der Waals surface area contributed by atoms with Gasteiger partial charge in [-0.15, -0.1) is 0 Å². The largest absolute Gasteiger partial charge is 0.453 e. The smallest absolute Gasteiger partial charge is 0.301 e. The molecule has 22 heteroatoms. The van der Waals surface area contributed by atoms with Gasteiger partial charge >= 0.3 is 10.2 Å². The number of hydrogen-bond donors (Lipinski definition) is 2. The monoisotopic (exact) mass is 988 g/mol. The summed E-state index contributed by atoms with van der Waals surface area (Å²) in [6.07, 6.45) is 7.99. The SMILES string of the molecule is N#Cc1c(NS(=O)(=O)N2CC[C@@H](F)C2)ccc(F)c1Oc1ccc2ncn(-c3cnc(N4CCC(CN5CCC6(CC5)CN(c5cccc7c5CN(C5CCC(=O)NC5=O)C7=O)C6)CC4)nc3)c(=O)c2c1. The number of nitrogens with one attached hydrogen (secondary N) is 2. The van der Waals surface area contributed by atoms with Crippen molar-refractivity contribution in [2.45, 2.75) is 63.7 Å². The van der Waals surface area contributed by atoms with E-state index in [0.29, 0.717) is 41.6 Å². The molecule has 2 N–H and O–H groups in total.